The van der Waals surface area contributed by atoms with Crippen LogP contribution in [0.1, 0.15) is 5.56 Å². The minimum Gasteiger partial charge on any atom is -0.465 e. The van der Waals surface area contributed by atoms with Crippen molar-refractivity contribution in [2.75, 3.05) is 0 Å². The first-order chi connectivity index (χ1) is 5.36. The van der Waals surface area contributed by atoms with Gasteiger partial charge in [0.2, 0.25) is 5.75 Å². The van der Waals surface area contributed by atoms with Gasteiger partial charge in [-0.3, -0.25) is 0 Å². The van der Waals surface area contributed by atoms with Gasteiger partial charge in [-0.25, -0.2) is 4.89 Å². The van der Waals surface area contributed by atoms with Crippen LogP contribution >= 0.6 is 8.43 Å². The second kappa shape index (κ2) is 2.62. The average Bonchev–Trinajstić information content (AvgIpc) is 2.04. The first kappa shape index (κ1) is 6.80. The van der Waals surface area contributed by atoms with E-state index in [1.54, 1.807) is 11.9 Å². The highest BCUT2D eigenvalue weighted by Crippen LogP contribution is 2.26. The van der Waals surface area contributed by atoms with E-state index in [4.69, 9.17) is 4.89 Å². The van der Waals surface area contributed by atoms with E-state index in [0.717, 1.165) is 5.56 Å². The summed E-state index contributed by atoms with van der Waals surface area (Å²) >= 11 is 0. The van der Waals surface area contributed by atoms with Gasteiger partial charge in [-0.2, -0.15) is 0 Å². The Morgan fingerprint density at radius 2 is 2.18 bits per heavy atom. The molecule has 3 nitrogen and oxygen atoms in total. The molecule has 0 spiro atoms. The molecule has 0 saturated heterocycles. The van der Waals surface area contributed by atoms with Crippen LogP contribution < -0.4 is 10.1 Å². The van der Waals surface area contributed by atoms with Crippen LogP contribution in [0.3, 0.4) is 0 Å². The average molecular weight is 168 g/mol. The third kappa shape index (κ3) is 1.26. The van der Waals surface area contributed by atoms with Crippen molar-refractivity contribution in [1.82, 2.24) is 0 Å². The van der Waals surface area contributed by atoms with E-state index < -0.39 is 0 Å². The molecule has 0 bridgehead atoms. The van der Waals surface area contributed by atoms with Crippen molar-refractivity contribution in [1.29, 1.82) is 0 Å². The van der Waals surface area contributed by atoms with Gasteiger partial charge in [-0.05, 0) is 6.07 Å². The first-order valence-corrected chi connectivity index (χ1v) is 3.98. The lowest BCUT2D eigenvalue weighted by molar-refractivity contribution is -0.823. The molecule has 2 rings (SSSR count). The van der Waals surface area contributed by atoms with Crippen molar-refractivity contribution in [3.05, 3.63) is 29.8 Å². The molecule has 0 atom stereocenters. The van der Waals surface area contributed by atoms with Crippen LogP contribution in [0.25, 0.3) is 0 Å². The molecule has 11 heavy (non-hydrogen) atoms. The zero-order chi connectivity index (χ0) is 7.68. The molecule has 4 heteroatoms. The fourth-order valence-corrected chi connectivity index (χ4v) is 1.40. The lowest BCUT2D eigenvalue weighted by Gasteiger charge is -2.14. The monoisotopic (exact) mass is 168 g/mol. The fraction of sp³-hybridized carbons (Fsp3) is 0. The second-order valence-electron chi connectivity index (χ2n) is 2.07. The lowest BCUT2D eigenvalue weighted by Crippen LogP contribution is -2.22. The standard InChI is InChI=1S/C7H5O3P/c8-10-9-7-4-2-1-3-6(7)5-11-10/h1-5H. The van der Waals surface area contributed by atoms with E-state index in [2.05, 4.69) is 0 Å². The molecular formula is C7H5O3P. The topological polar surface area (TPSA) is 35.0 Å². The van der Waals surface area contributed by atoms with E-state index in [-0.39, 0.29) is 0 Å². The minimum absolute atomic E-state index is 0.449. The molecule has 1 aliphatic heterocycles. The summed E-state index contributed by atoms with van der Waals surface area (Å²) in [5.74, 6) is 2.36. The van der Waals surface area contributed by atoms with Crippen molar-refractivity contribution in [3.63, 3.8) is 0 Å². The number of hydrogen-bond acceptors (Lipinski definition) is 2. The molecule has 1 aromatic rings. The van der Waals surface area contributed by atoms with Crippen molar-refractivity contribution in [2.24, 2.45) is 0 Å². The van der Waals surface area contributed by atoms with Crippen LogP contribution in [0.5, 0.6) is 5.75 Å². The van der Waals surface area contributed by atoms with Crippen molar-refractivity contribution in [2.45, 2.75) is 0 Å². The largest absolute Gasteiger partial charge is 0.465 e. The van der Waals surface area contributed by atoms with Gasteiger partial charge in [0, 0.05) is 5.56 Å². The van der Waals surface area contributed by atoms with E-state index in [9.17, 15) is 5.26 Å². The van der Waals surface area contributed by atoms with Crippen LogP contribution in [-0.4, -0.2) is 5.80 Å². The van der Waals surface area contributed by atoms with Gasteiger partial charge in [0.05, 0.1) is 5.80 Å². The molecule has 1 aromatic carbocycles. The zero-order valence-electron chi connectivity index (χ0n) is 5.56. The molecule has 0 fully saturated rings. The van der Waals surface area contributed by atoms with Gasteiger partial charge in [0.1, 0.15) is 0 Å². The molecule has 0 amide bonds. The van der Waals surface area contributed by atoms with Gasteiger partial charge in [-0.15, -0.1) is 4.46 Å². The summed E-state index contributed by atoms with van der Waals surface area (Å²) in [7, 11) is 0.449. The quantitative estimate of drug-likeness (QED) is 0.326. The van der Waals surface area contributed by atoms with Crippen LogP contribution in [0.15, 0.2) is 24.3 Å². The summed E-state index contributed by atoms with van der Waals surface area (Å²) in [5, 5.41) is 10.6. The molecule has 0 aliphatic carbocycles. The maximum absolute atomic E-state index is 10.6. The Labute approximate surface area is 65.2 Å². The lowest BCUT2D eigenvalue weighted by atomic mass is 10.2. The highest BCUT2D eigenvalue weighted by atomic mass is 31.1. The number of para-hydroxylation sites is 1. The van der Waals surface area contributed by atoms with Gasteiger partial charge < -0.3 is 5.26 Å². The molecule has 0 radical (unpaired) electrons. The number of rotatable bonds is 0. The maximum Gasteiger partial charge on any atom is 0.343 e. The van der Waals surface area contributed by atoms with Gasteiger partial charge in [0.15, 0.2) is 0 Å². The van der Waals surface area contributed by atoms with Crippen molar-refractivity contribution < 1.29 is 14.6 Å². The Morgan fingerprint density at radius 3 is 3.09 bits per heavy atom. The Balaban J connectivity index is 2.46. The Kier molecular flexibility index (Phi) is 1.62. The van der Waals surface area contributed by atoms with E-state index in [1.165, 1.54) is 4.46 Å². The van der Waals surface area contributed by atoms with E-state index in [0.29, 0.717) is 14.2 Å². The Bertz CT molecular complexity index is 297. The van der Waals surface area contributed by atoms with Crippen molar-refractivity contribution in [3.8, 4) is 5.75 Å². The fourth-order valence-electron chi connectivity index (χ4n) is 0.861. The summed E-state index contributed by atoms with van der Waals surface area (Å²) in [6.07, 6.45) is 0. The third-order valence-corrected chi connectivity index (χ3v) is 1.99. The van der Waals surface area contributed by atoms with Gasteiger partial charge >= 0.3 is 8.43 Å². The zero-order valence-corrected chi connectivity index (χ0v) is 6.45. The van der Waals surface area contributed by atoms with Crippen LogP contribution in [0.2, 0.25) is 0 Å². The highest BCUT2D eigenvalue weighted by Gasteiger charge is 2.13. The second-order valence-corrected chi connectivity index (χ2v) is 2.84. The smallest absolute Gasteiger partial charge is 0.343 e. The maximum atomic E-state index is 10.6. The van der Waals surface area contributed by atoms with E-state index >= 15 is 0 Å². The van der Waals surface area contributed by atoms with Crippen LogP contribution in [0, 0.1) is 0 Å². The molecule has 1 heterocycles. The molecule has 56 valence electrons. The summed E-state index contributed by atoms with van der Waals surface area (Å²) < 4.78 is 1.27. The first-order valence-electron chi connectivity index (χ1n) is 3.09. The summed E-state index contributed by atoms with van der Waals surface area (Å²) in [6.45, 7) is 0. The molecular weight excluding hydrogens is 163 g/mol. The van der Waals surface area contributed by atoms with Crippen molar-refractivity contribution >= 4 is 14.2 Å². The van der Waals surface area contributed by atoms with Gasteiger partial charge in [-0.1, -0.05) is 18.2 Å². The molecule has 1 aliphatic rings. The molecule has 0 saturated carbocycles. The van der Waals surface area contributed by atoms with E-state index in [1.807, 2.05) is 18.2 Å². The molecule has 0 N–H and O–H groups in total. The minimum atomic E-state index is 0.449. The van der Waals surface area contributed by atoms with Crippen LogP contribution in [0.4, 0.5) is 0 Å². The normalized spacial score (nSPS) is 17.2. The third-order valence-electron chi connectivity index (χ3n) is 1.36. The number of hydrogen-bond donors (Lipinski definition) is 0. The number of fused-ring (bicyclic) bond motifs is 1. The summed E-state index contributed by atoms with van der Waals surface area (Å²) in [6, 6.07) is 7.37. The SMILES string of the molecule is [O-][O+]1Oc2ccccc2C=P1. The molecule has 0 aromatic heterocycles. The molecule has 0 unspecified atom stereocenters. The summed E-state index contributed by atoms with van der Waals surface area (Å²) in [5.41, 5.74) is 0.953. The summed E-state index contributed by atoms with van der Waals surface area (Å²) in [4.78, 5) is 4.78. The predicted octanol–water partition coefficient (Wildman–Crippen LogP) is 0.833. The van der Waals surface area contributed by atoms with Crippen LogP contribution in [-0.2, 0) is 4.46 Å². The number of benzene rings is 1. The van der Waals surface area contributed by atoms with Gasteiger partial charge in [0.25, 0.3) is 0 Å². The highest BCUT2D eigenvalue weighted by molar-refractivity contribution is 7.34. The Hall–Kier alpha value is -0.890. The predicted molar refractivity (Wildman–Crippen MR) is 40.2 cm³/mol. The Morgan fingerprint density at radius 1 is 1.36 bits per heavy atom.